The van der Waals surface area contributed by atoms with Crippen molar-refractivity contribution in [1.29, 1.82) is 0 Å². The van der Waals surface area contributed by atoms with Crippen LogP contribution in [0.5, 0.6) is 11.5 Å². The molecule has 1 saturated heterocycles. The van der Waals surface area contributed by atoms with Crippen molar-refractivity contribution in [2.75, 3.05) is 30.6 Å². The monoisotopic (exact) mass is 564 g/mol. The fourth-order valence-corrected chi connectivity index (χ4v) is 5.33. The van der Waals surface area contributed by atoms with Gasteiger partial charge in [0.2, 0.25) is 10.0 Å². The molecule has 0 aromatic heterocycles. The van der Waals surface area contributed by atoms with Crippen molar-refractivity contribution in [3.05, 3.63) is 90.0 Å². The van der Waals surface area contributed by atoms with E-state index in [0.717, 1.165) is 69.4 Å². The Morgan fingerprint density at radius 3 is 2.15 bits per heavy atom. The second-order valence-corrected chi connectivity index (χ2v) is 12.2. The van der Waals surface area contributed by atoms with Gasteiger partial charge in [-0.2, -0.15) is 0 Å². The molecule has 0 bridgehead atoms. The normalized spacial score (nSPS) is 14.4. The first-order chi connectivity index (χ1) is 19.3. The lowest BCUT2D eigenvalue weighted by atomic mass is 10.0. The molecule has 1 heterocycles. The predicted molar refractivity (Wildman–Crippen MR) is 160 cm³/mol. The number of benzene rings is 3. The summed E-state index contributed by atoms with van der Waals surface area (Å²) in [5.41, 5.74) is 2.85. The van der Waals surface area contributed by atoms with Crippen LogP contribution in [0.3, 0.4) is 0 Å². The molecule has 0 atom stereocenters. The first-order valence-electron chi connectivity index (χ1n) is 13.9. The summed E-state index contributed by atoms with van der Waals surface area (Å²) in [7, 11) is -3.31. The average Bonchev–Trinajstić information content (AvgIpc) is 2.94. The summed E-state index contributed by atoms with van der Waals surface area (Å²) in [6.45, 7) is 6.27. The van der Waals surface area contributed by atoms with Gasteiger partial charge in [-0.25, -0.2) is 13.2 Å². The lowest BCUT2D eigenvalue weighted by Crippen LogP contribution is -2.49. The summed E-state index contributed by atoms with van der Waals surface area (Å²) in [6, 6.07) is 25.2. The third kappa shape index (κ3) is 9.57. The number of piperidine rings is 1. The van der Waals surface area contributed by atoms with E-state index < -0.39 is 10.0 Å². The SMILES string of the molecule is CCCCN(Cc1ccccc1)C(=O)NC1CCN(Cc2ccc(Oc3ccc(NS(C)(=O)=O)cc3)cc2)CC1. The Hall–Kier alpha value is -3.56. The number of hydrogen-bond acceptors (Lipinski definition) is 5. The number of unbranched alkanes of at least 4 members (excludes halogenated alkanes) is 1. The van der Waals surface area contributed by atoms with Crippen LogP contribution in [0.4, 0.5) is 10.5 Å². The Balaban J connectivity index is 1.22. The van der Waals surface area contributed by atoms with E-state index in [-0.39, 0.29) is 12.1 Å². The van der Waals surface area contributed by atoms with Crippen molar-refractivity contribution in [3.8, 4) is 11.5 Å². The van der Waals surface area contributed by atoms with Crippen molar-refractivity contribution in [3.63, 3.8) is 0 Å². The lowest BCUT2D eigenvalue weighted by Gasteiger charge is -2.34. The van der Waals surface area contributed by atoms with Gasteiger partial charge in [0, 0.05) is 44.5 Å². The maximum Gasteiger partial charge on any atom is 0.317 e. The van der Waals surface area contributed by atoms with Gasteiger partial charge in [-0.1, -0.05) is 55.8 Å². The Kier molecular flexibility index (Phi) is 10.4. The zero-order valence-electron chi connectivity index (χ0n) is 23.4. The second-order valence-electron chi connectivity index (χ2n) is 10.4. The van der Waals surface area contributed by atoms with Crippen molar-refractivity contribution in [2.45, 2.75) is 51.7 Å². The van der Waals surface area contributed by atoms with Crippen LogP contribution in [0, 0.1) is 0 Å². The van der Waals surface area contributed by atoms with E-state index in [1.807, 2.05) is 35.2 Å². The van der Waals surface area contributed by atoms with E-state index in [0.29, 0.717) is 18.0 Å². The fraction of sp³-hybridized carbons (Fsp3) is 0.387. The number of ether oxygens (including phenoxy) is 1. The van der Waals surface area contributed by atoms with Gasteiger partial charge >= 0.3 is 6.03 Å². The minimum absolute atomic E-state index is 0.0349. The third-order valence-electron chi connectivity index (χ3n) is 6.92. The minimum atomic E-state index is -3.31. The molecule has 2 amide bonds. The van der Waals surface area contributed by atoms with E-state index in [2.05, 4.69) is 46.1 Å². The van der Waals surface area contributed by atoms with Crippen molar-refractivity contribution < 1.29 is 17.9 Å². The molecule has 8 nitrogen and oxygen atoms in total. The number of hydrogen-bond donors (Lipinski definition) is 2. The molecule has 1 aliphatic heterocycles. The summed E-state index contributed by atoms with van der Waals surface area (Å²) < 4.78 is 31.1. The van der Waals surface area contributed by atoms with E-state index >= 15 is 0 Å². The van der Waals surface area contributed by atoms with Crippen LogP contribution < -0.4 is 14.8 Å². The topological polar surface area (TPSA) is 91.0 Å². The average molecular weight is 565 g/mol. The number of urea groups is 1. The van der Waals surface area contributed by atoms with Crippen molar-refractivity contribution >= 4 is 21.7 Å². The molecule has 9 heteroatoms. The molecule has 0 aliphatic carbocycles. The number of anilines is 1. The van der Waals surface area contributed by atoms with Gasteiger partial charge in [0.15, 0.2) is 0 Å². The van der Waals surface area contributed by atoms with Crippen LogP contribution in [0.2, 0.25) is 0 Å². The van der Waals surface area contributed by atoms with Crippen LogP contribution >= 0.6 is 0 Å². The molecule has 0 unspecified atom stereocenters. The molecule has 4 rings (SSSR count). The van der Waals surface area contributed by atoms with E-state index in [1.54, 1.807) is 24.3 Å². The van der Waals surface area contributed by atoms with Crippen LogP contribution in [0.15, 0.2) is 78.9 Å². The molecule has 214 valence electrons. The Labute approximate surface area is 238 Å². The molecule has 3 aromatic rings. The lowest BCUT2D eigenvalue weighted by molar-refractivity contribution is 0.166. The summed E-state index contributed by atoms with van der Waals surface area (Å²) in [5, 5.41) is 3.29. The molecule has 3 aromatic carbocycles. The van der Waals surface area contributed by atoms with Crippen LogP contribution in [0.1, 0.15) is 43.7 Å². The molecular formula is C31H40N4O4S. The molecule has 1 aliphatic rings. The number of sulfonamides is 1. The number of rotatable bonds is 12. The Morgan fingerprint density at radius 1 is 0.925 bits per heavy atom. The molecule has 0 spiro atoms. The summed E-state index contributed by atoms with van der Waals surface area (Å²) in [4.78, 5) is 17.5. The first-order valence-corrected chi connectivity index (χ1v) is 15.8. The minimum Gasteiger partial charge on any atom is -0.457 e. The molecule has 0 saturated carbocycles. The highest BCUT2D eigenvalue weighted by Gasteiger charge is 2.23. The number of nitrogens with one attached hydrogen (secondary N) is 2. The van der Waals surface area contributed by atoms with Gasteiger partial charge in [0.1, 0.15) is 11.5 Å². The Bertz CT molecular complexity index is 1310. The van der Waals surface area contributed by atoms with Gasteiger partial charge < -0.3 is 15.0 Å². The number of nitrogens with zero attached hydrogens (tertiary/aromatic N) is 2. The van der Waals surface area contributed by atoms with Gasteiger partial charge in [-0.05, 0) is 66.8 Å². The molecule has 2 N–H and O–H groups in total. The van der Waals surface area contributed by atoms with Crippen molar-refractivity contribution in [1.82, 2.24) is 15.1 Å². The van der Waals surface area contributed by atoms with Gasteiger partial charge in [0.05, 0.1) is 6.26 Å². The van der Waals surface area contributed by atoms with Crippen LogP contribution in [-0.2, 0) is 23.1 Å². The smallest absolute Gasteiger partial charge is 0.317 e. The molecular weight excluding hydrogens is 524 g/mol. The van der Waals surface area contributed by atoms with Crippen LogP contribution in [0.25, 0.3) is 0 Å². The summed E-state index contributed by atoms with van der Waals surface area (Å²) in [5.74, 6) is 1.35. The number of likely N-dealkylation sites (tertiary alicyclic amines) is 1. The molecule has 0 radical (unpaired) electrons. The maximum absolute atomic E-state index is 13.1. The summed E-state index contributed by atoms with van der Waals surface area (Å²) >= 11 is 0. The van der Waals surface area contributed by atoms with Gasteiger partial charge in [-0.15, -0.1) is 0 Å². The quantitative estimate of drug-likeness (QED) is 0.289. The van der Waals surface area contributed by atoms with E-state index in [9.17, 15) is 13.2 Å². The van der Waals surface area contributed by atoms with Crippen molar-refractivity contribution in [2.24, 2.45) is 0 Å². The fourth-order valence-electron chi connectivity index (χ4n) is 4.77. The van der Waals surface area contributed by atoms with E-state index in [1.165, 1.54) is 5.56 Å². The van der Waals surface area contributed by atoms with E-state index in [4.69, 9.17) is 4.74 Å². The third-order valence-corrected chi connectivity index (χ3v) is 7.53. The first kappa shape index (κ1) is 29.4. The highest BCUT2D eigenvalue weighted by atomic mass is 32.2. The number of carbonyl (C=O) groups is 1. The predicted octanol–water partition coefficient (Wildman–Crippen LogP) is 5.83. The standard InChI is InChI=1S/C31H40N4O4S/c1-3-4-20-35(24-25-8-6-5-7-9-25)31(36)32-27-18-21-34(22-19-27)23-26-10-14-29(15-11-26)39-30-16-12-28(13-17-30)33-40(2,37)38/h5-17,27,33H,3-4,18-24H2,1-2H3,(H,32,36). The second kappa shape index (κ2) is 14.2. The summed E-state index contributed by atoms with van der Waals surface area (Å²) in [6.07, 6.45) is 5.04. The largest absolute Gasteiger partial charge is 0.457 e. The van der Waals surface area contributed by atoms with Gasteiger partial charge in [0.25, 0.3) is 0 Å². The highest BCUT2D eigenvalue weighted by molar-refractivity contribution is 7.92. The zero-order chi connectivity index (χ0) is 28.4. The van der Waals surface area contributed by atoms with Crippen LogP contribution in [-0.4, -0.2) is 56.2 Å². The molecule has 40 heavy (non-hydrogen) atoms. The maximum atomic E-state index is 13.1. The number of amides is 2. The highest BCUT2D eigenvalue weighted by Crippen LogP contribution is 2.24. The van der Waals surface area contributed by atoms with Gasteiger partial charge in [-0.3, -0.25) is 9.62 Å². The number of carbonyl (C=O) groups excluding carboxylic acids is 1. The molecule has 1 fully saturated rings. The zero-order valence-corrected chi connectivity index (χ0v) is 24.2. The Morgan fingerprint density at radius 2 is 1.55 bits per heavy atom.